The zero-order chi connectivity index (χ0) is 19.2. The number of benzene rings is 1. The van der Waals surface area contributed by atoms with E-state index in [2.05, 4.69) is 10.6 Å². The van der Waals surface area contributed by atoms with Crippen LogP contribution in [0.1, 0.15) is 39.2 Å². The van der Waals surface area contributed by atoms with Crippen LogP contribution in [-0.4, -0.2) is 48.9 Å². The highest BCUT2D eigenvalue weighted by Crippen LogP contribution is 2.17. The molecule has 0 radical (unpaired) electrons. The number of methoxy groups -OCH3 is 1. The highest BCUT2D eigenvalue weighted by molar-refractivity contribution is 5.74. The van der Waals surface area contributed by atoms with E-state index < -0.39 is 5.60 Å². The predicted octanol–water partition coefficient (Wildman–Crippen LogP) is 2.89. The van der Waals surface area contributed by atoms with Gasteiger partial charge in [0.2, 0.25) is 0 Å². The number of carbonyl (C=O) groups excluding carboxylic acids is 2. The van der Waals surface area contributed by atoms with Gasteiger partial charge in [-0.2, -0.15) is 0 Å². The van der Waals surface area contributed by atoms with Gasteiger partial charge < -0.3 is 25.0 Å². The second-order valence-corrected chi connectivity index (χ2v) is 7.38. The number of amides is 3. The molecule has 0 bridgehead atoms. The maximum absolute atomic E-state index is 12.1. The molecule has 1 aliphatic heterocycles. The van der Waals surface area contributed by atoms with E-state index in [9.17, 15) is 9.59 Å². The molecule has 0 atom stereocenters. The van der Waals surface area contributed by atoms with Gasteiger partial charge in [0.25, 0.3) is 0 Å². The summed E-state index contributed by atoms with van der Waals surface area (Å²) in [4.78, 5) is 25.9. The summed E-state index contributed by atoms with van der Waals surface area (Å²) in [5, 5.41) is 5.82. The van der Waals surface area contributed by atoms with Crippen molar-refractivity contribution in [3.8, 4) is 5.75 Å². The molecule has 0 aliphatic carbocycles. The van der Waals surface area contributed by atoms with E-state index in [0.717, 1.165) is 11.3 Å². The Morgan fingerprint density at radius 3 is 2.46 bits per heavy atom. The minimum Gasteiger partial charge on any atom is -0.496 e. The molecule has 1 saturated heterocycles. The number of ether oxygens (including phenoxy) is 2. The fourth-order valence-electron chi connectivity index (χ4n) is 2.79. The van der Waals surface area contributed by atoms with Crippen LogP contribution in [0, 0.1) is 0 Å². The number of nitrogens with zero attached hydrogens (tertiary/aromatic N) is 1. The normalized spacial score (nSPS) is 15.3. The van der Waals surface area contributed by atoms with Gasteiger partial charge in [-0.25, -0.2) is 9.59 Å². The van der Waals surface area contributed by atoms with Crippen molar-refractivity contribution in [1.29, 1.82) is 0 Å². The van der Waals surface area contributed by atoms with Crippen molar-refractivity contribution in [3.63, 3.8) is 0 Å². The Kier molecular flexibility index (Phi) is 6.71. The van der Waals surface area contributed by atoms with Crippen LogP contribution < -0.4 is 15.4 Å². The van der Waals surface area contributed by atoms with E-state index >= 15 is 0 Å². The standard InChI is InChI=1S/C19H29N3O4/c1-19(2,3)26-18(24)22-11-9-15(10-12-22)21-17(23)20-13-14-7-5-6-8-16(14)25-4/h5-8,15H,9-13H2,1-4H3,(H2,20,21,23). The zero-order valence-corrected chi connectivity index (χ0v) is 16.0. The van der Waals surface area contributed by atoms with Crippen LogP contribution in [0.3, 0.4) is 0 Å². The fraction of sp³-hybridized carbons (Fsp3) is 0.579. The lowest BCUT2D eigenvalue weighted by atomic mass is 10.1. The Hall–Kier alpha value is -2.44. The zero-order valence-electron chi connectivity index (χ0n) is 16.0. The second-order valence-electron chi connectivity index (χ2n) is 7.38. The molecule has 2 N–H and O–H groups in total. The number of rotatable bonds is 4. The Labute approximate surface area is 155 Å². The first-order valence-corrected chi connectivity index (χ1v) is 8.92. The Bertz CT molecular complexity index is 619. The summed E-state index contributed by atoms with van der Waals surface area (Å²) in [5.41, 5.74) is 0.426. The van der Waals surface area contributed by atoms with Crippen molar-refractivity contribution in [1.82, 2.24) is 15.5 Å². The van der Waals surface area contributed by atoms with Crippen LogP contribution in [0.15, 0.2) is 24.3 Å². The van der Waals surface area contributed by atoms with Crippen LogP contribution in [0.2, 0.25) is 0 Å². The molecule has 3 amide bonds. The van der Waals surface area contributed by atoms with E-state index in [1.165, 1.54) is 0 Å². The van der Waals surface area contributed by atoms with Crippen molar-refractivity contribution < 1.29 is 19.1 Å². The molecule has 1 aromatic carbocycles. The van der Waals surface area contributed by atoms with Gasteiger partial charge in [0, 0.05) is 31.2 Å². The van der Waals surface area contributed by atoms with Crippen molar-refractivity contribution in [2.75, 3.05) is 20.2 Å². The molecule has 2 rings (SSSR count). The van der Waals surface area contributed by atoms with Gasteiger partial charge in [0.05, 0.1) is 7.11 Å². The summed E-state index contributed by atoms with van der Waals surface area (Å²) in [7, 11) is 1.61. The Balaban J connectivity index is 1.73. The largest absolute Gasteiger partial charge is 0.496 e. The quantitative estimate of drug-likeness (QED) is 0.862. The van der Waals surface area contributed by atoms with Crippen LogP contribution in [-0.2, 0) is 11.3 Å². The number of para-hydroxylation sites is 1. The second kappa shape index (κ2) is 8.78. The van der Waals surface area contributed by atoms with Gasteiger partial charge in [0.15, 0.2) is 0 Å². The van der Waals surface area contributed by atoms with E-state index in [0.29, 0.717) is 32.5 Å². The highest BCUT2D eigenvalue weighted by atomic mass is 16.6. The minimum atomic E-state index is -0.495. The number of urea groups is 1. The van der Waals surface area contributed by atoms with Gasteiger partial charge in [-0.05, 0) is 39.7 Å². The summed E-state index contributed by atoms with van der Waals surface area (Å²) in [6.45, 7) is 7.10. The molecule has 0 aromatic heterocycles. The highest BCUT2D eigenvalue weighted by Gasteiger charge is 2.27. The van der Waals surface area contributed by atoms with Gasteiger partial charge in [-0.1, -0.05) is 18.2 Å². The molecule has 1 heterocycles. The summed E-state index contributed by atoms with van der Waals surface area (Å²) in [5.74, 6) is 0.749. The van der Waals surface area contributed by atoms with Gasteiger partial charge in [-0.15, -0.1) is 0 Å². The molecule has 7 nitrogen and oxygen atoms in total. The number of piperidine rings is 1. The Morgan fingerprint density at radius 2 is 1.85 bits per heavy atom. The maximum Gasteiger partial charge on any atom is 0.410 e. The number of nitrogens with one attached hydrogen (secondary N) is 2. The summed E-state index contributed by atoms with van der Waals surface area (Å²) >= 11 is 0. The van der Waals surface area contributed by atoms with E-state index in [1.54, 1.807) is 12.0 Å². The van der Waals surface area contributed by atoms with Crippen molar-refractivity contribution >= 4 is 12.1 Å². The number of hydrogen-bond donors (Lipinski definition) is 2. The topological polar surface area (TPSA) is 79.9 Å². The fourth-order valence-corrected chi connectivity index (χ4v) is 2.79. The van der Waals surface area contributed by atoms with Crippen LogP contribution >= 0.6 is 0 Å². The first-order valence-electron chi connectivity index (χ1n) is 8.92. The molecular formula is C19H29N3O4. The van der Waals surface area contributed by atoms with Gasteiger partial charge in [-0.3, -0.25) is 0 Å². The molecule has 144 valence electrons. The van der Waals surface area contributed by atoms with Crippen molar-refractivity contribution in [2.45, 2.75) is 51.8 Å². The number of carbonyl (C=O) groups is 2. The summed E-state index contributed by atoms with van der Waals surface area (Å²) in [6.07, 6.45) is 1.12. The van der Waals surface area contributed by atoms with E-state index in [4.69, 9.17) is 9.47 Å². The smallest absolute Gasteiger partial charge is 0.410 e. The molecule has 1 aromatic rings. The summed E-state index contributed by atoms with van der Waals surface area (Å²) < 4.78 is 10.7. The van der Waals surface area contributed by atoms with Crippen LogP contribution in [0.4, 0.5) is 9.59 Å². The Morgan fingerprint density at radius 1 is 1.19 bits per heavy atom. The molecule has 0 saturated carbocycles. The van der Waals surface area contributed by atoms with E-state index in [1.807, 2.05) is 45.0 Å². The minimum absolute atomic E-state index is 0.0476. The molecule has 7 heteroatoms. The summed E-state index contributed by atoms with van der Waals surface area (Å²) in [6, 6.07) is 7.41. The van der Waals surface area contributed by atoms with Gasteiger partial charge in [0.1, 0.15) is 11.4 Å². The average molecular weight is 363 g/mol. The van der Waals surface area contributed by atoms with Crippen LogP contribution in [0.25, 0.3) is 0 Å². The lowest BCUT2D eigenvalue weighted by molar-refractivity contribution is 0.0201. The van der Waals surface area contributed by atoms with Crippen LogP contribution in [0.5, 0.6) is 5.75 Å². The van der Waals surface area contributed by atoms with Crippen molar-refractivity contribution in [3.05, 3.63) is 29.8 Å². The first kappa shape index (κ1) is 19.9. The van der Waals surface area contributed by atoms with E-state index in [-0.39, 0.29) is 18.2 Å². The third kappa shape index (κ3) is 6.13. The monoisotopic (exact) mass is 363 g/mol. The lowest BCUT2D eigenvalue weighted by Crippen LogP contribution is -2.49. The van der Waals surface area contributed by atoms with Gasteiger partial charge >= 0.3 is 12.1 Å². The van der Waals surface area contributed by atoms with Crippen molar-refractivity contribution in [2.24, 2.45) is 0 Å². The maximum atomic E-state index is 12.1. The number of hydrogen-bond acceptors (Lipinski definition) is 4. The molecule has 26 heavy (non-hydrogen) atoms. The average Bonchev–Trinajstić information content (AvgIpc) is 2.59. The SMILES string of the molecule is COc1ccccc1CNC(=O)NC1CCN(C(=O)OC(C)(C)C)CC1. The molecule has 0 unspecified atom stereocenters. The third-order valence-electron chi connectivity index (χ3n) is 4.11. The number of likely N-dealkylation sites (tertiary alicyclic amines) is 1. The molecular weight excluding hydrogens is 334 g/mol. The molecule has 1 fully saturated rings. The third-order valence-corrected chi connectivity index (χ3v) is 4.11. The first-order chi connectivity index (χ1) is 12.3. The predicted molar refractivity (Wildman–Crippen MR) is 99.2 cm³/mol. The lowest BCUT2D eigenvalue weighted by Gasteiger charge is -2.33. The molecule has 0 spiro atoms. The molecule has 1 aliphatic rings.